The van der Waals surface area contributed by atoms with Crippen molar-refractivity contribution in [2.45, 2.75) is 13.0 Å². The number of hydrogen-bond acceptors (Lipinski definition) is 3. The highest BCUT2D eigenvalue weighted by molar-refractivity contribution is 5.76. The van der Waals surface area contributed by atoms with Crippen molar-refractivity contribution < 1.29 is 13.9 Å². The SMILES string of the molecule is CNCCC(=O)NCc1cc(F)ccc1OC. The lowest BCUT2D eigenvalue weighted by atomic mass is 10.2. The molecule has 0 bridgehead atoms. The van der Waals surface area contributed by atoms with Gasteiger partial charge in [0.15, 0.2) is 0 Å². The van der Waals surface area contributed by atoms with Crippen molar-refractivity contribution in [3.63, 3.8) is 0 Å². The molecule has 0 radical (unpaired) electrons. The van der Waals surface area contributed by atoms with Crippen molar-refractivity contribution in [2.75, 3.05) is 20.7 Å². The number of amides is 1. The second-order valence-corrected chi connectivity index (χ2v) is 3.59. The Balaban J connectivity index is 2.56. The Morgan fingerprint density at radius 1 is 1.47 bits per heavy atom. The van der Waals surface area contributed by atoms with E-state index in [1.54, 1.807) is 13.1 Å². The van der Waals surface area contributed by atoms with Crippen molar-refractivity contribution in [1.82, 2.24) is 10.6 Å². The second-order valence-electron chi connectivity index (χ2n) is 3.59. The van der Waals surface area contributed by atoms with Gasteiger partial charge in [-0.25, -0.2) is 4.39 Å². The highest BCUT2D eigenvalue weighted by Crippen LogP contribution is 2.18. The van der Waals surface area contributed by atoms with Crippen LogP contribution >= 0.6 is 0 Å². The largest absolute Gasteiger partial charge is 0.496 e. The van der Waals surface area contributed by atoms with E-state index < -0.39 is 0 Å². The van der Waals surface area contributed by atoms with Gasteiger partial charge < -0.3 is 15.4 Å². The van der Waals surface area contributed by atoms with Crippen molar-refractivity contribution in [1.29, 1.82) is 0 Å². The minimum atomic E-state index is -0.342. The van der Waals surface area contributed by atoms with Crippen LogP contribution in [0.2, 0.25) is 0 Å². The summed E-state index contributed by atoms with van der Waals surface area (Å²) in [4.78, 5) is 11.4. The Bertz CT molecular complexity index is 383. The van der Waals surface area contributed by atoms with E-state index in [0.29, 0.717) is 24.3 Å². The smallest absolute Gasteiger partial charge is 0.221 e. The van der Waals surface area contributed by atoms with E-state index >= 15 is 0 Å². The molecular weight excluding hydrogens is 223 g/mol. The van der Waals surface area contributed by atoms with Crippen molar-refractivity contribution >= 4 is 5.91 Å². The van der Waals surface area contributed by atoms with Gasteiger partial charge in [0.1, 0.15) is 11.6 Å². The summed E-state index contributed by atoms with van der Waals surface area (Å²) in [6.07, 6.45) is 0.397. The number of halogens is 1. The van der Waals surface area contributed by atoms with Crippen LogP contribution in [0.5, 0.6) is 5.75 Å². The molecule has 0 unspecified atom stereocenters. The molecule has 0 saturated carbocycles. The van der Waals surface area contributed by atoms with Crippen molar-refractivity contribution in [3.8, 4) is 5.75 Å². The predicted octanol–water partition coefficient (Wildman–Crippen LogP) is 1.06. The van der Waals surface area contributed by atoms with Gasteiger partial charge in [0.05, 0.1) is 7.11 Å². The standard InChI is InChI=1S/C12H17FN2O2/c1-14-6-5-12(16)15-8-9-7-10(13)3-4-11(9)17-2/h3-4,7,14H,5-6,8H2,1-2H3,(H,15,16). The Hall–Kier alpha value is -1.62. The second kappa shape index (κ2) is 6.85. The molecule has 94 valence electrons. The highest BCUT2D eigenvalue weighted by Gasteiger charge is 2.06. The van der Waals surface area contributed by atoms with Crippen LogP contribution in [-0.2, 0) is 11.3 Å². The molecule has 1 aromatic rings. The quantitative estimate of drug-likeness (QED) is 0.781. The fourth-order valence-corrected chi connectivity index (χ4v) is 1.41. The van der Waals surface area contributed by atoms with E-state index in [2.05, 4.69) is 10.6 Å². The number of carbonyl (C=O) groups excluding carboxylic acids is 1. The van der Waals surface area contributed by atoms with Gasteiger partial charge in [-0.05, 0) is 25.2 Å². The molecule has 17 heavy (non-hydrogen) atoms. The van der Waals surface area contributed by atoms with Gasteiger partial charge in [-0.2, -0.15) is 0 Å². The first-order valence-electron chi connectivity index (χ1n) is 5.41. The summed E-state index contributed by atoms with van der Waals surface area (Å²) in [5.74, 6) is 0.149. The number of nitrogens with one attached hydrogen (secondary N) is 2. The normalized spacial score (nSPS) is 10.1. The lowest BCUT2D eigenvalue weighted by molar-refractivity contribution is -0.121. The zero-order valence-corrected chi connectivity index (χ0v) is 10.0. The number of benzene rings is 1. The average Bonchev–Trinajstić information content (AvgIpc) is 2.34. The molecule has 0 aliphatic heterocycles. The lowest BCUT2D eigenvalue weighted by Crippen LogP contribution is -2.26. The Labute approximate surface area is 100 Å². The van der Waals surface area contributed by atoms with Crippen LogP contribution in [0, 0.1) is 5.82 Å². The maximum atomic E-state index is 13.0. The molecule has 0 saturated heterocycles. The molecule has 1 rings (SSSR count). The van der Waals surface area contributed by atoms with Crippen LogP contribution in [-0.4, -0.2) is 26.6 Å². The third kappa shape index (κ3) is 4.40. The van der Waals surface area contributed by atoms with Gasteiger partial charge in [0, 0.05) is 25.1 Å². The molecule has 0 aromatic heterocycles. The summed E-state index contributed by atoms with van der Waals surface area (Å²) in [6, 6.07) is 4.23. The highest BCUT2D eigenvalue weighted by atomic mass is 19.1. The van der Waals surface area contributed by atoms with Crippen molar-refractivity contribution in [2.24, 2.45) is 0 Å². The number of methoxy groups -OCH3 is 1. The summed E-state index contributed by atoms with van der Waals surface area (Å²) >= 11 is 0. The van der Waals surface area contributed by atoms with Gasteiger partial charge in [0.25, 0.3) is 0 Å². The van der Waals surface area contributed by atoms with Gasteiger partial charge in [0.2, 0.25) is 5.91 Å². The maximum Gasteiger partial charge on any atom is 0.221 e. The number of hydrogen-bond donors (Lipinski definition) is 2. The summed E-state index contributed by atoms with van der Waals surface area (Å²) in [7, 11) is 3.29. The average molecular weight is 240 g/mol. The molecule has 0 atom stereocenters. The molecule has 1 aromatic carbocycles. The van der Waals surface area contributed by atoms with E-state index in [4.69, 9.17) is 4.74 Å². The van der Waals surface area contributed by atoms with E-state index in [9.17, 15) is 9.18 Å². The van der Waals surface area contributed by atoms with Crippen LogP contribution in [0.15, 0.2) is 18.2 Å². The summed E-state index contributed by atoms with van der Waals surface area (Å²) in [6.45, 7) is 0.885. The molecule has 5 heteroatoms. The van der Waals surface area contributed by atoms with Crippen LogP contribution in [0.25, 0.3) is 0 Å². The lowest BCUT2D eigenvalue weighted by Gasteiger charge is -2.09. The predicted molar refractivity (Wildman–Crippen MR) is 63.3 cm³/mol. The van der Waals surface area contributed by atoms with E-state index in [-0.39, 0.29) is 18.3 Å². The van der Waals surface area contributed by atoms with E-state index in [0.717, 1.165) is 0 Å². The Morgan fingerprint density at radius 3 is 2.88 bits per heavy atom. The molecule has 0 heterocycles. The Morgan fingerprint density at radius 2 is 2.24 bits per heavy atom. The zero-order valence-electron chi connectivity index (χ0n) is 10.0. The number of carbonyl (C=O) groups is 1. The number of rotatable bonds is 6. The third-order valence-corrected chi connectivity index (χ3v) is 2.32. The monoisotopic (exact) mass is 240 g/mol. The van der Waals surface area contributed by atoms with Gasteiger partial charge in [-0.15, -0.1) is 0 Å². The first-order valence-corrected chi connectivity index (χ1v) is 5.41. The Kier molecular flexibility index (Phi) is 5.42. The van der Waals surface area contributed by atoms with E-state index in [1.807, 2.05) is 0 Å². The molecule has 0 fully saturated rings. The molecule has 0 aliphatic rings. The van der Waals surface area contributed by atoms with Gasteiger partial charge in [-0.1, -0.05) is 0 Å². The molecule has 4 nitrogen and oxygen atoms in total. The van der Waals surface area contributed by atoms with Crippen LogP contribution in [0.3, 0.4) is 0 Å². The fourth-order valence-electron chi connectivity index (χ4n) is 1.41. The zero-order chi connectivity index (χ0) is 12.7. The molecule has 0 aliphatic carbocycles. The van der Waals surface area contributed by atoms with Crippen LogP contribution < -0.4 is 15.4 Å². The van der Waals surface area contributed by atoms with E-state index in [1.165, 1.54) is 19.2 Å². The van der Waals surface area contributed by atoms with Gasteiger partial charge >= 0.3 is 0 Å². The summed E-state index contributed by atoms with van der Waals surface area (Å²) in [5.41, 5.74) is 0.630. The molecule has 2 N–H and O–H groups in total. The molecular formula is C12H17FN2O2. The van der Waals surface area contributed by atoms with Crippen LogP contribution in [0.1, 0.15) is 12.0 Å². The summed E-state index contributed by atoms with van der Waals surface area (Å²) < 4.78 is 18.1. The topological polar surface area (TPSA) is 50.4 Å². The minimum absolute atomic E-state index is 0.0781. The maximum absolute atomic E-state index is 13.0. The first-order chi connectivity index (χ1) is 8.17. The minimum Gasteiger partial charge on any atom is -0.496 e. The first kappa shape index (κ1) is 13.4. The third-order valence-electron chi connectivity index (χ3n) is 2.32. The number of ether oxygens (including phenoxy) is 1. The van der Waals surface area contributed by atoms with Crippen LogP contribution in [0.4, 0.5) is 4.39 Å². The fraction of sp³-hybridized carbons (Fsp3) is 0.417. The molecule has 1 amide bonds. The van der Waals surface area contributed by atoms with Crippen molar-refractivity contribution in [3.05, 3.63) is 29.6 Å². The van der Waals surface area contributed by atoms with Gasteiger partial charge in [-0.3, -0.25) is 4.79 Å². The summed E-state index contributed by atoms with van der Waals surface area (Å²) in [5, 5.41) is 5.59. The molecule has 0 spiro atoms.